The second-order valence-corrected chi connectivity index (χ2v) is 7.89. The van der Waals surface area contributed by atoms with Gasteiger partial charge in [0.25, 0.3) is 0 Å². The van der Waals surface area contributed by atoms with E-state index in [1.807, 2.05) is 13.0 Å². The van der Waals surface area contributed by atoms with Gasteiger partial charge < -0.3 is 14.7 Å². The lowest BCUT2D eigenvalue weighted by molar-refractivity contribution is -0.157. The summed E-state index contributed by atoms with van der Waals surface area (Å²) in [5.41, 5.74) is -0.00856. The molecule has 2 fully saturated rings. The van der Waals surface area contributed by atoms with E-state index in [4.69, 9.17) is 27.9 Å². The number of aliphatic carboxylic acids is 1. The van der Waals surface area contributed by atoms with Gasteiger partial charge in [-0.3, -0.25) is 9.59 Å². The van der Waals surface area contributed by atoms with Gasteiger partial charge in [-0.25, -0.2) is 0 Å². The highest BCUT2D eigenvalue weighted by molar-refractivity contribution is 6.35. The van der Waals surface area contributed by atoms with Gasteiger partial charge in [0.2, 0.25) is 5.91 Å². The maximum atomic E-state index is 12.9. The Labute approximate surface area is 156 Å². The maximum absolute atomic E-state index is 12.9. The number of fused-ring (bicyclic) bond motifs is 1. The van der Waals surface area contributed by atoms with Gasteiger partial charge in [0.05, 0.1) is 12.0 Å². The third-order valence-electron chi connectivity index (χ3n) is 5.41. The van der Waals surface area contributed by atoms with Crippen LogP contribution in [0.1, 0.15) is 18.9 Å². The van der Waals surface area contributed by atoms with Crippen molar-refractivity contribution in [3.05, 3.63) is 33.8 Å². The fourth-order valence-corrected chi connectivity index (χ4v) is 4.37. The van der Waals surface area contributed by atoms with Crippen molar-refractivity contribution < 1.29 is 19.4 Å². The molecule has 0 radical (unpaired) electrons. The van der Waals surface area contributed by atoms with E-state index in [9.17, 15) is 14.7 Å². The Bertz CT molecular complexity index is 696. The average Bonchev–Trinajstić information content (AvgIpc) is 2.97. The molecule has 3 atom stereocenters. The van der Waals surface area contributed by atoms with Crippen LogP contribution < -0.4 is 0 Å². The first-order valence-corrected chi connectivity index (χ1v) is 9.13. The van der Waals surface area contributed by atoms with E-state index >= 15 is 0 Å². The highest BCUT2D eigenvalue weighted by Gasteiger charge is 2.55. The zero-order valence-electron chi connectivity index (χ0n) is 14.0. The summed E-state index contributed by atoms with van der Waals surface area (Å²) < 4.78 is 5.44. The second-order valence-electron chi connectivity index (χ2n) is 7.04. The van der Waals surface area contributed by atoms with Crippen molar-refractivity contribution in [3.63, 3.8) is 0 Å². The number of benzene rings is 1. The molecule has 136 valence electrons. The summed E-state index contributed by atoms with van der Waals surface area (Å²) in [4.78, 5) is 26.4. The van der Waals surface area contributed by atoms with E-state index in [2.05, 4.69) is 0 Å². The lowest BCUT2D eigenvalue weighted by Crippen LogP contribution is -2.45. The van der Waals surface area contributed by atoms with Crippen molar-refractivity contribution in [2.75, 3.05) is 26.3 Å². The molecule has 0 aromatic heterocycles. The molecule has 2 aliphatic rings. The van der Waals surface area contributed by atoms with Crippen LogP contribution in [-0.2, 0) is 20.7 Å². The van der Waals surface area contributed by atoms with Crippen LogP contribution in [0.2, 0.25) is 10.0 Å². The first-order valence-electron chi connectivity index (χ1n) is 8.37. The number of carboxylic acids is 1. The first-order chi connectivity index (χ1) is 11.8. The Hall–Kier alpha value is -1.30. The van der Waals surface area contributed by atoms with Gasteiger partial charge in [0, 0.05) is 41.6 Å². The van der Waals surface area contributed by atoms with Gasteiger partial charge in [-0.2, -0.15) is 0 Å². The molecular formula is C18H21Cl2NO4. The van der Waals surface area contributed by atoms with Crippen molar-refractivity contribution >= 4 is 35.1 Å². The monoisotopic (exact) mass is 385 g/mol. The lowest BCUT2D eigenvalue weighted by Gasteiger charge is -2.33. The van der Waals surface area contributed by atoms with E-state index in [1.54, 1.807) is 17.0 Å². The number of carbonyl (C=O) groups excluding carboxylic acids is 1. The predicted octanol–water partition coefficient (Wildman–Crippen LogP) is 3.12. The van der Waals surface area contributed by atoms with Crippen molar-refractivity contribution in [3.8, 4) is 0 Å². The minimum absolute atomic E-state index is 0.0407. The molecule has 7 heteroatoms. The van der Waals surface area contributed by atoms with Crippen LogP contribution in [0.15, 0.2) is 18.2 Å². The van der Waals surface area contributed by atoms with Crippen molar-refractivity contribution in [1.82, 2.24) is 4.90 Å². The maximum Gasteiger partial charge on any atom is 0.311 e. The number of carboxylic acid groups (broad SMARTS) is 1. The topological polar surface area (TPSA) is 66.8 Å². The van der Waals surface area contributed by atoms with Crippen LogP contribution in [0.4, 0.5) is 0 Å². The van der Waals surface area contributed by atoms with Crippen LogP contribution in [0.25, 0.3) is 0 Å². The molecule has 2 saturated heterocycles. The summed E-state index contributed by atoms with van der Waals surface area (Å²) >= 11 is 12.1. The molecule has 3 rings (SSSR count). The third-order valence-corrected chi connectivity index (χ3v) is 5.99. The Balaban J connectivity index is 1.71. The van der Waals surface area contributed by atoms with Gasteiger partial charge in [-0.05, 0) is 30.5 Å². The fourth-order valence-electron chi connectivity index (χ4n) is 3.88. The smallest absolute Gasteiger partial charge is 0.311 e. The number of likely N-dealkylation sites (tertiary alicyclic amines) is 1. The highest BCUT2D eigenvalue weighted by Crippen LogP contribution is 2.43. The third kappa shape index (κ3) is 3.50. The van der Waals surface area contributed by atoms with E-state index < -0.39 is 11.4 Å². The van der Waals surface area contributed by atoms with E-state index in [0.717, 1.165) is 5.56 Å². The van der Waals surface area contributed by atoms with E-state index in [-0.39, 0.29) is 24.3 Å². The molecule has 0 aliphatic carbocycles. The Morgan fingerprint density at radius 1 is 1.44 bits per heavy atom. The quantitative estimate of drug-likeness (QED) is 0.864. The Morgan fingerprint density at radius 2 is 2.20 bits per heavy atom. The van der Waals surface area contributed by atoms with Crippen molar-refractivity contribution in [1.29, 1.82) is 0 Å². The normalized spacial score (nSPS) is 27.0. The number of rotatable bonds is 4. The molecule has 0 spiro atoms. The molecule has 0 saturated carbocycles. The molecule has 1 unspecified atom stereocenters. The number of amides is 1. The van der Waals surface area contributed by atoms with Crippen molar-refractivity contribution in [2.24, 2.45) is 17.3 Å². The molecule has 0 bridgehead atoms. The minimum Gasteiger partial charge on any atom is -0.481 e. The molecule has 25 heavy (non-hydrogen) atoms. The standard InChI is InChI=1S/C18H21Cl2NO4/c1-11(6-12-2-3-14(19)7-15(12)20)16(22)21-8-13-9-25-5-4-18(13,10-21)17(23)24/h2-3,7,11,13H,4-6,8-10H2,1H3,(H,23,24)/t11?,13-,18+/m0/s1. The largest absolute Gasteiger partial charge is 0.481 e. The predicted molar refractivity (Wildman–Crippen MR) is 94.9 cm³/mol. The molecule has 5 nitrogen and oxygen atoms in total. The molecular weight excluding hydrogens is 365 g/mol. The molecule has 1 aromatic rings. The van der Waals surface area contributed by atoms with Crippen LogP contribution in [-0.4, -0.2) is 48.2 Å². The number of nitrogens with zero attached hydrogens (tertiary/aromatic N) is 1. The van der Waals surface area contributed by atoms with Gasteiger partial charge >= 0.3 is 5.97 Å². The second kappa shape index (κ2) is 7.14. The Kier molecular flexibility index (Phi) is 5.28. The molecule has 2 heterocycles. The van der Waals surface area contributed by atoms with Crippen LogP contribution in [0.3, 0.4) is 0 Å². The number of ether oxygens (including phenoxy) is 1. The summed E-state index contributed by atoms with van der Waals surface area (Å²) in [5, 5.41) is 10.8. The summed E-state index contributed by atoms with van der Waals surface area (Å²) in [5.74, 6) is -1.30. The SMILES string of the molecule is CC(Cc1ccc(Cl)cc1Cl)C(=O)N1C[C@H]2COCC[C@@]2(C(=O)O)C1. The lowest BCUT2D eigenvalue weighted by atomic mass is 9.74. The molecule has 1 N–H and O–H groups in total. The summed E-state index contributed by atoms with van der Waals surface area (Å²) in [6.07, 6.45) is 0.945. The number of hydrogen-bond donors (Lipinski definition) is 1. The van der Waals surface area contributed by atoms with Gasteiger partial charge in [-0.1, -0.05) is 36.2 Å². The first kappa shape index (κ1) is 18.5. The van der Waals surface area contributed by atoms with E-state index in [1.165, 1.54) is 0 Å². The highest BCUT2D eigenvalue weighted by atomic mass is 35.5. The fraction of sp³-hybridized carbons (Fsp3) is 0.556. The Morgan fingerprint density at radius 3 is 2.84 bits per heavy atom. The van der Waals surface area contributed by atoms with E-state index in [0.29, 0.717) is 42.6 Å². The van der Waals surface area contributed by atoms with Crippen LogP contribution in [0, 0.1) is 17.3 Å². The van der Waals surface area contributed by atoms with Crippen LogP contribution in [0.5, 0.6) is 0 Å². The zero-order valence-corrected chi connectivity index (χ0v) is 15.5. The van der Waals surface area contributed by atoms with Gasteiger partial charge in [0.15, 0.2) is 0 Å². The van der Waals surface area contributed by atoms with Gasteiger partial charge in [-0.15, -0.1) is 0 Å². The number of hydrogen-bond acceptors (Lipinski definition) is 3. The average molecular weight is 386 g/mol. The van der Waals surface area contributed by atoms with Crippen LogP contribution >= 0.6 is 23.2 Å². The zero-order chi connectivity index (χ0) is 18.2. The molecule has 1 amide bonds. The summed E-state index contributed by atoms with van der Waals surface area (Å²) in [6, 6.07) is 5.24. The number of halogens is 2. The molecule has 1 aromatic carbocycles. The summed E-state index contributed by atoms with van der Waals surface area (Å²) in [7, 11) is 0. The summed E-state index contributed by atoms with van der Waals surface area (Å²) in [6.45, 7) is 3.37. The van der Waals surface area contributed by atoms with Crippen molar-refractivity contribution in [2.45, 2.75) is 19.8 Å². The minimum atomic E-state index is -0.869. The molecule has 2 aliphatic heterocycles. The van der Waals surface area contributed by atoms with Gasteiger partial charge in [0.1, 0.15) is 0 Å². The number of carbonyl (C=O) groups is 2.